The lowest BCUT2D eigenvalue weighted by Gasteiger charge is -2.29. The first-order valence-corrected chi connectivity index (χ1v) is 11.1. The molecule has 1 saturated carbocycles. The molecule has 0 N–H and O–H groups in total. The van der Waals surface area contributed by atoms with Gasteiger partial charge in [0.1, 0.15) is 10.6 Å². The number of ether oxygens (including phenoxy) is 1. The zero-order valence-electron chi connectivity index (χ0n) is 17.1. The van der Waals surface area contributed by atoms with Crippen molar-refractivity contribution in [2.45, 2.75) is 56.4 Å². The smallest absolute Gasteiger partial charge is 0.119 e. The molecule has 0 bridgehead atoms. The van der Waals surface area contributed by atoms with Crippen LogP contribution in [0.4, 0.5) is 0 Å². The quantitative estimate of drug-likeness (QED) is 0.241. The number of aryl methyl sites for hydroxylation is 1. The van der Waals surface area contributed by atoms with Gasteiger partial charge in [-0.3, -0.25) is 0 Å². The zero-order chi connectivity index (χ0) is 20.1. The van der Waals surface area contributed by atoms with E-state index in [1.807, 2.05) is 18.2 Å². The summed E-state index contributed by atoms with van der Waals surface area (Å²) in [7, 11) is 0. The highest BCUT2D eigenvalue weighted by Crippen LogP contribution is 2.43. The molecule has 1 aliphatic carbocycles. The van der Waals surface area contributed by atoms with Crippen LogP contribution in [0, 0.1) is 6.92 Å². The molecule has 0 saturated heterocycles. The van der Waals surface area contributed by atoms with Crippen molar-refractivity contribution in [1.82, 2.24) is 0 Å². The first kappa shape index (κ1) is 20.0. The fourth-order valence-electron chi connectivity index (χ4n) is 4.27. The molecule has 1 nitrogen and oxygen atoms in total. The summed E-state index contributed by atoms with van der Waals surface area (Å²) < 4.78 is 6.29. The second-order valence-electron chi connectivity index (χ2n) is 8.15. The van der Waals surface area contributed by atoms with Crippen molar-refractivity contribution in [2.75, 3.05) is 0 Å². The summed E-state index contributed by atoms with van der Waals surface area (Å²) in [5.41, 5.74) is 4.44. The van der Waals surface area contributed by atoms with Crippen LogP contribution in [0.2, 0.25) is 0 Å². The number of alkyl halides is 1. The second kappa shape index (κ2) is 9.05. The van der Waals surface area contributed by atoms with E-state index < -0.39 is 4.87 Å². The molecule has 29 heavy (non-hydrogen) atoms. The first-order valence-electron chi connectivity index (χ1n) is 10.7. The SMILES string of the molecule is Cc1ccc(C(Cl)(c2ccccc2)c2ccc(OC3CCCCCC3)cc2)cc1. The minimum absolute atomic E-state index is 0.343. The highest BCUT2D eigenvalue weighted by Gasteiger charge is 2.34. The Morgan fingerprint density at radius 3 is 1.79 bits per heavy atom. The molecule has 4 rings (SSSR count). The maximum Gasteiger partial charge on any atom is 0.119 e. The molecule has 0 amide bonds. The molecule has 0 aliphatic heterocycles. The van der Waals surface area contributed by atoms with Gasteiger partial charge in [-0.2, -0.15) is 0 Å². The van der Waals surface area contributed by atoms with Gasteiger partial charge >= 0.3 is 0 Å². The van der Waals surface area contributed by atoms with Gasteiger partial charge in [-0.1, -0.05) is 85.1 Å². The molecule has 2 heteroatoms. The van der Waals surface area contributed by atoms with Crippen molar-refractivity contribution >= 4 is 11.6 Å². The van der Waals surface area contributed by atoms with Crippen LogP contribution in [0.3, 0.4) is 0 Å². The predicted octanol–water partition coefficient (Wildman–Crippen LogP) is 7.63. The van der Waals surface area contributed by atoms with Crippen LogP contribution in [0.5, 0.6) is 5.75 Å². The van der Waals surface area contributed by atoms with Crippen LogP contribution in [0.15, 0.2) is 78.9 Å². The molecule has 3 aromatic rings. The van der Waals surface area contributed by atoms with Crippen LogP contribution in [0.1, 0.15) is 60.8 Å². The van der Waals surface area contributed by atoms with Crippen molar-refractivity contribution in [3.05, 3.63) is 101 Å². The van der Waals surface area contributed by atoms with Crippen LogP contribution in [0.25, 0.3) is 0 Å². The molecule has 1 atom stereocenters. The number of halogens is 1. The van der Waals surface area contributed by atoms with Gasteiger partial charge in [-0.05, 0) is 61.4 Å². The topological polar surface area (TPSA) is 9.23 Å². The number of hydrogen-bond donors (Lipinski definition) is 0. The minimum atomic E-state index is -0.726. The molecule has 1 aliphatic rings. The van der Waals surface area contributed by atoms with Crippen LogP contribution >= 0.6 is 11.6 Å². The third-order valence-electron chi connectivity index (χ3n) is 5.98. The van der Waals surface area contributed by atoms with Gasteiger partial charge in [0.05, 0.1) is 6.10 Å². The highest BCUT2D eigenvalue weighted by molar-refractivity contribution is 6.28. The maximum absolute atomic E-state index is 7.39. The van der Waals surface area contributed by atoms with E-state index in [9.17, 15) is 0 Å². The van der Waals surface area contributed by atoms with Crippen molar-refractivity contribution in [3.63, 3.8) is 0 Å². The fourth-order valence-corrected chi connectivity index (χ4v) is 4.64. The average molecular weight is 405 g/mol. The van der Waals surface area contributed by atoms with Crippen LogP contribution in [-0.2, 0) is 4.87 Å². The van der Waals surface area contributed by atoms with E-state index in [0.29, 0.717) is 6.10 Å². The zero-order valence-corrected chi connectivity index (χ0v) is 17.9. The number of rotatable bonds is 5. The van der Waals surface area contributed by atoms with Gasteiger partial charge in [-0.15, -0.1) is 11.6 Å². The van der Waals surface area contributed by atoms with Gasteiger partial charge in [0.25, 0.3) is 0 Å². The third kappa shape index (κ3) is 4.51. The van der Waals surface area contributed by atoms with Crippen molar-refractivity contribution in [2.24, 2.45) is 0 Å². The summed E-state index contributed by atoms with van der Waals surface area (Å²) in [6.07, 6.45) is 7.88. The summed E-state index contributed by atoms with van der Waals surface area (Å²) >= 11 is 7.39. The molecule has 0 heterocycles. The van der Waals surface area contributed by atoms with Crippen molar-refractivity contribution < 1.29 is 4.74 Å². The van der Waals surface area contributed by atoms with Gasteiger partial charge < -0.3 is 4.74 Å². The Balaban J connectivity index is 1.65. The molecule has 0 aromatic heterocycles. The standard InChI is InChI=1S/C27H29ClO/c1-21-13-15-23(16-14-21)27(28,22-9-5-4-6-10-22)24-17-19-26(20-18-24)29-25-11-7-2-3-8-12-25/h4-6,9-10,13-20,25H,2-3,7-8,11-12H2,1H3. The first-order chi connectivity index (χ1) is 14.2. The lowest BCUT2D eigenvalue weighted by atomic mass is 9.84. The summed E-state index contributed by atoms with van der Waals surface area (Å²) in [6.45, 7) is 2.10. The third-order valence-corrected chi connectivity index (χ3v) is 6.63. The molecule has 1 unspecified atom stereocenters. The lowest BCUT2D eigenvalue weighted by molar-refractivity contribution is 0.183. The number of hydrogen-bond acceptors (Lipinski definition) is 1. The van der Waals surface area contributed by atoms with Crippen molar-refractivity contribution in [3.8, 4) is 5.75 Å². The van der Waals surface area contributed by atoms with Crippen LogP contribution in [-0.4, -0.2) is 6.10 Å². The summed E-state index contributed by atoms with van der Waals surface area (Å²) in [5.74, 6) is 0.941. The average Bonchev–Trinajstić information content (AvgIpc) is 3.03. The van der Waals surface area contributed by atoms with Gasteiger partial charge in [0, 0.05) is 0 Å². The normalized spacial score (nSPS) is 17.3. The lowest BCUT2D eigenvalue weighted by Crippen LogP contribution is -2.22. The maximum atomic E-state index is 7.39. The predicted molar refractivity (Wildman–Crippen MR) is 122 cm³/mol. The van der Waals surface area contributed by atoms with E-state index in [4.69, 9.17) is 16.3 Å². The van der Waals surface area contributed by atoms with E-state index in [1.54, 1.807) is 0 Å². The monoisotopic (exact) mass is 404 g/mol. The highest BCUT2D eigenvalue weighted by atomic mass is 35.5. The molecule has 150 valence electrons. The minimum Gasteiger partial charge on any atom is -0.490 e. The Morgan fingerprint density at radius 1 is 0.690 bits per heavy atom. The molecular formula is C27H29ClO. The molecular weight excluding hydrogens is 376 g/mol. The van der Waals surface area contributed by atoms with Gasteiger partial charge in [0.2, 0.25) is 0 Å². The van der Waals surface area contributed by atoms with Gasteiger partial charge in [-0.25, -0.2) is 0 Å². The Hall–Kier alpha value is -2.25. The summed E-state index contributed by atoms with van der Waals surface area (Å²) in [4.78, 5) is -0.726. The molecule has 0 spiro atoms. The van der Waals surface area contributed by atoms with E-state index in [0.717, 1.165) is 35.3 Å². The van der Waals surface area contributed by atoms with Crippen molar-refractivity contribution in [1.29, 1.82) is 0 Å². The van der Waals surface area contributed by atoms with E-state index in [-0.39, 0.29) is 0 Å². The summed E-state index contributed by atoms with van der Waals surface area (Å²) in [5, 5.41) is 0. The molecule has 0 radical (unpaired) electrons. The van der Waals surface area contributed by atoms with E-state index in [1.165, 1.54) is 31.2 Å². The van der Waals surface area contributed by atoms with Crippen LogP contribution < -0.4 is 4.74 Å². The number of benzene rings is 3. The second-order valence-corrected chi connectivity index (χ2v) is 8.71. The fraction of sp³-hybridized carbons (Fsp3) is 0.333. The van der Waals surface area contributed by atoms with Gasteiger partial charge in [0.15, 0.2) is 0 Å². The Bertz CT molecular complexity index is 894. The largest absolute Gasteiger partial charge is 0.490 e. The Kier molecular flexibility index (Phi) is 6.25. The Labute approximate surface area is 179 Å². The summed E-state index contributed by atoms with van der Waals surface area (Å²) in [6, 6.07) is 27.2. The molecule has 3 aromatic carbocycles. The molecule has 1 fully saturated rings. The Morgan fingerprint density at radius 2 is 1.21 bits per heavy atom. The van der Waals surface area contributed by atoms with E-state index >= 15 is 0 Å². The van der Waals surface area contributed by atoms with E-state index in [2.05, 4.69) is 67.6 Å².